The number of benzene rings is 1. The molecule has 1 aromatic rings. The minimum Gasteiger partial charge on any atom is -0.490 e. The highest BCUT2D eigenvalue weighted by atomic mass is 32.2. The molecule has 0 aliphatic carbocycles. The molecule has 0 unspecified atom stereocenters. The lowest BCUT2D eigenvalue weighted by atomic mass is 10.2. The molecule has 0 amide bonds. The number of thiol groups is 1. The Kier molecular flexibility index (Phi) is 5.48. The highest BCUT2D eigenvalue weighted by Crippen LogP contribution is 2.12. The summed E-state index contributed by atoms with van der Waals surface area (Å²) in [6.07, 6.45) is 0. The van der Waals surface area contributed by atoms with Crippen molar-refractivity contribution in [2.75, 3.05) is 13.2 Å². The Hall–Kier alpha value is -1.56. The van der Waals surface area contributed by atoms with Gasteiger partial charge in [-0.1, -0.05) is 12.1 Å². The third-order valence-electron chi connectivity index (χ3n) is 1.89. The molecule has 17 heavy (non-hydrogen) atoms. The lowest BCUT2D eigenvalue weighted by molar-refractivity contribution is -0.141. The molecular weight excluding hydrogens is 244 g/mol. The van der Waals surface area contributed by atoms with Crippen LogP contribution in [0.3, 0.4) is 0 Å². The van der Waals surface area contributed by atoms with E-state index in [0.717, 1.165) is 0 Å². The SMILES string of the molecule is CC(=O)OCCOc1ccc(C[SH](=O)=O)cc1. The van der Waals surface area contributed by atoms with Gasteiger partial charge in [-0.25, -0.2) is 8.42 Å². The summed E-state index contributed by atoms with van der Waals surface area (Å²) >= 11 is 0. The van der Waals surface area contributed by atoms with Gasteiger partial charge in [0.1, 0.15) is 29.7 Å². The summed E-state index contributed by atoms with van der Waals surface area (Å²) in [5.74, 6) is 0.300. The Morgan fingerprint density at radius 2 is 1.82 bits per heavy atom. The van der Waals surface area contributed by atoms with Gasteiger partial charge in [-0.3, -0.25) is 4.79 Å². The van der Waals surface area contributed by atoms with Crippen molar-refractivity contribution in [3.63, 3.8) is 0 Å². The maximum atomic E-state index is 10.5. The molecule has 0 N–H and O–H groups in total. The van der Waals surface area contributed by atoms with Crippen LogP contribution in [0, 0.1) is 0 Å². The van der Waals surface area contributed by atoms with E-state index in [9.17, 15) is 13.2 Å². The van der Waals surface area contributed by atoms with Crippen LogP contribution in [0.15, 0.2) is 24.3 Å². The first kappa shape index (κ1) is 13.5. The molecule has 0 aliphatic rings. The van der Waals surface area contributed by atoms with Crippen molar-refractivity contribution in [2.45, 2.75) is 12.7 Å². The van der Waals surface area contributed by atoms with Crippen molar-refractivity contribution in [1.29, 1.82) is 0 Å². The molecule has 0 spiro atoms. The maximum Gasteiger partial charge on any atom is 0.302 e. The van der Waals surface area contributed by atoms with E-state index in [-0.39, 0.29) is 24.9 Å². The van der Waals surface area contributed by atoms with Crippen LogP contribution in [0.1, 0.15) is 12.5 Å². The fourth-order valence-corrected chi connectivity index (χ4v) is 1.69. The number of carbonyl (C=O) groups excluding carboxylic acids is 1. The van der Waals surface area contributed by atoms with Gasteiger partial charge < -0.3 is 9.47 Å². The van der Waals surface area contributed by atoms with Gasteiger partial charge in [0.05, 0.1) is 5.75 Å². The molecular formula is C11H14O5S. The van der Waals surface area contributed by atoms with E-state index in [1.807, 2.05) is 0 Å². The van der Waals surface area contributed by atoms with Crippen LogP contribution in [0.2, 0.25) is 0 Å². The number of carbonyl (C=O) groups is 1. The predicted octanol–water partition coefficient (Wildman–Crippen LogP) is 0.740. The molecule has 6 heteroatoms. The predicted molar refractivity (Wildman–Crippen MR) is 62.6 cm³/mol. The monoisotopic (exact) mass is 258 g/mol. The van der Waals surface area contributed by atoms with E-state index in [4.69, 9.17) is 9.47 Å². The van der Waals surface area contributed by atoms with Gasteiger partial charge in [0, 0.05) is 6.92 Å². The minimum atomic E-state index is -2.41. The average Bonchev–Trinajstić information content (AvgIpc) is 2.25. The highest BCUT2D eigenvalue weighted by Gasteiger charge is 1.98. The van der Waals surface area contributed by atoms with Crippen molar-refractivity contribution in [2.24, 2.45) is 0 Å². The Labute approximate surface area is 101 Å². The van der Waals surface area contributed by atoms with Gasteiger partial charge in [-0.05, 0) is 17.7 Å². The lowest BCUT2D eigenvalue weighted by Crippen LogP contribution is -2.09. The molecule has 1 aromatic carbocycles. The van der Waals surface area contributed by atoms with Gasteiger partial charge in [0.25, 0.3) is 0 Å². The second-order valence-corrected chi connectivity index (χ2v) is 4.31. The summed E-state index contributed by atoms with van der Waals surface area (Å²) in [4.78, 5) is 10.5. The van der Waals surface area contributed by atoms with Crippen LogP contribution in [0.4, 0.5) is 0 Å². The molecule has 0 radical (unpaired) electrons. The van der Waals surface area contributed by atoms with E-state index in [1.165, 1.54) is 6.92 Å². The van der Waals surface area contributed by atoms with Crippen molar-refractivity contribution >= 4 is 16.7 Å². The summed E-state index contributed by atoms with van der Waals surface area (Å²) in [5.41, 5.74) is 0.716. The molecule has 0 aromatic heterocycles. The molecule has 1 rings (SSSR count). The van der Waals surface area contributed by atoms with Crippen LogP contribution >= 0.6 is 0 Å². The van der Waals surface area contributed by atoms with Crippen LogP contribution in [-0.4, -0.2) is 27.6 Å². The Balaban J connectivity index is 2.37. The molecule has 0 atom stereocenters. The summed E-state index contributed by atoms with van der Waals surface area (Å²) in [6.45, 7) is 1.80. The second kappa shape index (κ2) is 6.90. The minimum absolute atomic E-state index is 0.0308. The molecule has 5 nitrogen and oxygen atoms in total. The molecule has 0 saturated carbocycles. The number of esters is 1. The molecule has 0 heterocycles. The van der Waals surface area contributed by atoms with Crippen LogP contribution < -0.4 is 4.74 Å². The van der Waals surface area contributed by atoms with E-state index in [1.54, 1.807) is 24.3 Å². The quantitative estimate of drug-likeness (QED) is 0.463. The molecule has 0 bridgehead atoms. The Morgan fingerprint density at radius 1 is 1.18 bits per heavy atom. The third kappa shape index (κ3) is 5.91. The number of rotatable bonds is 6. The summed E-state index contributed by atoms with van der Waals surface area (Å²) < 4.78 is 31.0. The maximum absolute atomic E-state index is 10.5. The van der Waals surface area contributed by atoms with Gasteiger partial charge in [0.2, 0.25) is 0 Å². The van der Waals surface area contributed by atoms with E-state index >= 15 is 0 Å². The van der Waals surface area contributed by atoms with Crippen molar-refractivity contribution in [3.8, 4) is 5.75 Å². The summed E-state index contributed by atoms with van der Waals surface area (Å²) in [7, 11) is -2.41. The Morgan fingerprint density at radius 3 is 2.35 bits per heavy atom. The standard InChI is InChI=1S/C11H14O5S/c1-9(12)15-6-7-16-11-4-2-10(3-5-11)8-17(13)14/h2-5,17H,6-8H2,1H3. The zero-order chi connectivity index (χ0) is 12.7. The zero-order valence-corrected chi connectivity index (χ0v) is 10.3. The topological polar surface area (TPSA) is 69.7 Å². The van der Waals surface area contributed by atoms with E-state index in [2.05, 4.69) is 0 Å². The zero-order valence-electron chi connectivity index (χ0n) is 9.42. The van der Waals surface area contributed by atoms with Crippen molar-refractivity contribution in [3.05, 3.63) is 29.8 Å². The van der Waals surface area contributed by atoms with Gasteiger partial charge in [0.15, 0.2) is 0 Å². The summed E-state index contributed by atoms with van der Waals surface area (Å²) in [6, 6.07) is 6.74. The van der Waals surface area contributed by atoms with Crippen LogP contribution in [0.5, 0.6) is 5.75 Å². The fourth-order valence-electron chi connectivity index (χ4n) is 1.19. The molecule has 0 aliphatic heterocycles. The second-order valence-electron chi connectivity index (χ2n) is 3.32. The van der Waals surface area contributed by atoms with Gasteiger partial charge in [-0.15, -0.1) is 0 Å². The molecule has 0 saturated heterocycles. The first-order valence-corrected chi connectivity index (χ1v) is 6.41. The van der Waals surface area contributed by atoms with E-state index in [0.29, 0.717) is 11.3 Å². The largest absolute Gasteiger partial charge is 0.490 e. The lowest BCUT2D eigenvalue weighted by Gasteiger charge is -2.06. The van der Waals surface area contributed by atoms with Crippen molar-refractivity contribution in [1.82, 2.24) is 0 Å². The number of ether oxygens (including phenoxy) is 2. The normalized spacial score (nSPS) is 10.2. The molecule has 94 valence electrons. The molecule has 0 fully saturated rings. The number of hydrogen-bond donors (Lipinski definition) is 1. The average molecular weight is 258 g/mol. The fraction of sp³-hybridized carbons (Fsp3) is 0.364. The van der Waals surface area contributed by atoms with Crippen LogP contribution in [-0.2, 0) is 26.0 Å². The van der Waals surface area contributed by atoms with Crippen LogP contribution in [0.25, 0.3) is 0 Å². The van der Waals surface area contributed by atoms with Crippen molar-refractivity contribution < 1.29 is 22.7 Å². The first-order valence-electron chi connectivity index (χ1n) is 5.05. The highest BCUT2D eigenvalue weighted by molar-refractivity contribution is 7.71. The summed E-state index contributed by atoms with van der Waals surface area (Å²) in [5, 5.41) is 0. The first-order chi connectivity index (χ1) is 8.08. The van der Waals surface area contributed by atoms with Gasteiger partial charge in [-0.2, -0.15) is 0 Å². The number of hydrogen-bond acceptors (Lipinski definition) is 5. The smallest absolute Gasteiger partial charge is 0.302 e. The van der Waals surface area contributed by atoms with E-state index < -0.39 is 10.7 Å². The third-order valence-corrected chi connectivity index (χ3v) is 2.52. The Bertz CT molecular complexity index is 428. The van der Waals surface area contributed by atoms with Gasteiger partial charge >= 0.3 is 5.97 Å².